The van der Waals surface area contributed by atoms with Gasteiger partial charge in [0.25, 0.3) is 0 Å². The highest BCUT2D eigenvalue weighted by molar-refractivity contribution is 5.93. The maximum absolute atomic E-state index is 11.5. The molecular weight excluding hydrogens is 212 g/mol. The van der Waals surface area contributed by atoms with Gasteiger partial charge in [-0.15, -0.1) is 0 Å². The number of fused-ring (bicyclic) bond motifs is 1. The van der Waals surface area contributed by atoms with E-state index in [1.54, 1.807) is 6.08 Å². The first-order valence-electron chi connectivity index (χ1n) is 6.10. The van der Waals surface area contributed by atoms with Crippen molar-refractivity contribution in [3.8, 4) is 0 Å². The minimum atomic E-state index is -0.232. The Morgan fingerprint density at radius 3 is 3.00 bits per heavy atom. The molecule has 2 rings (SSSR count). The van der Waals surface area contributed by atoms with Crippen molar-refractivity contribution in [3.05, 3.63) is 41.0 Å². The molecule has 0 aromatic heterocycles. The van der Waals surface area contributed by atoms with Gasteiger partial charge in [-0.3, -0.25) is 0 Å². The van der Waals surface area contributed by atoms with E-state index in [0.717, 1.165) is 12.0 Å². The van der Waals surface area contributed by atoms with E-state index in [1.165, 1.54) is 16.7 Å². The molecule has 1 aliphatic rings. The van der Waals surface area contributed by atoms with Crippen LogP contribution in [0.4, 0.5) is 0 Å². The highest BCUT2D eigenvalue weighted by Gasteiger charge is 2.23. The van der Waals surface area contributed by atoms with Gasteiger partial charge in [-0.05, 0) is 42.9 Å². The molecule has 1 aliphatic carbocycles. The number of carbonyl (C=O) groups is 1. The normalized spacial score (nSPS) is 20.4. The van der Waals surface area contributed by atoms with Crippen LogP contribution in [0.5, 0.6) is 0 Å². The first kappa shape index (κ1) is 11.9. The molecule has 0 bridgehead atoms. The third-order valence-corrected chi connectivity index (χ3v) is 3.19. The number of benzene rings is 1. The predicted octanol–water partition coefficient (Wildman–Crippen LogP) is 3.45. The van der Waals surface area contributed by atoms with E-state index in [4.69, 9.17) is 4.74 Å². The molecule has 0 heterocycles. The monoisotopic (exact) mass is 230 g/mol. The Labute approximate surface area is 102 Å². The third kappa shape index (κ3) is 2.41. The van der Waals surface area contributed by atoms with Gasteiger partial charge >= 0.3 is 5.97 Å². The van der Waals surface area contributed by atoms with E-state index in [9.17, 15) is 4.79 Å². The molecule has 0 saturated carbocycles. The lowest BCUT2D eigenvalue weighted by atomic mass is 10.0. The van der Waals surface area contributed by atoms with Crippen LogP contribution >= 0.6 is 0 Å². The Balaban J connectivity index is 2.35. The van der Waals surface area contributed by atoms with Gasteiger partial charge < -0.3 is 4.74 Å². The molecule has 0 N–H and O–H groups in total. The molecule has 0 aliphatic heterocycles. The van der Waals surface area contributed by atoms with Gasteiger partial charge in [0.2, 0.25) is 0 Å². The Morgan fingerprint density at radius 1 is 1.53 bits per heavy atom. The molecule has 90 valence electrons. The van der Waals surface area contributed by atoms with Gasteiger partial charge in [0, 0.05) is 6.08 Å². The Kier molecular flexibility index (Phi) is 3.32. The molecule has 0 saturated heterocycles. The van der Waals surface area contributed by atoms with Crippen LogP contribution in [-0.2, 0) is 9.53 Å². The second-order valence-electron chi connectivity index (χ2n) is 4.62. The molecule has 1 atom stereocenters. The summed E-state index contributed by atoms with van der Waals surface area (Å²) in [5.41, 5.74) is 4.89. The second-order valence-corrected chi connectivity index (χ2v) is 4.62. The molecule has 17 heavy (non-hydrogen) atoms. The molecule has 1 aromatic rings. The fourth-order valence-corrected chi connectivity index (χ4v) is 2.39. The highest BCUT2D eigenvalue weighted by Crippen LogP contribution is 2.41. The molecule has 0 unspecified atom stereocenters. The lowest BCUT2D eigenvalue weighted by Crippen LogP contribution is -2.00. The summed E-state index contributed by atoms with van der Waals surface area (Å²) >= 11 is 0. The summed E-state index contributed by atoms with van der Waals surface area (Å²) in [6, 6.07) is 6.45. The summed E-state index contributed by atoms with van der Waals surface area (Å²) in [6.07, 6.45) is 2.57. The standard InChI is InChI=1S/C15H18O2/c1-4-17-15(16)9-12-8-11(3)13-6-5-10(2)7-14(12)13/h5-7,9,11H,4,8H2,1-3H3/b12-9-/t11-/m0/s1. The summed E-state index contributed by atoms with van der Waals surface area (Å²) in [4.78, 5) is 11.5. The average molecular weight is 230 g/mol. The van der Waals surface area contributed by atoms with E-state index in [-0.39, 0.29) is 5.97 Å². The van der Waals surface area contributed by atoms with Gasteiger partial charge in [-0.25, -0.2) is 4.79 Å². The SMILES string of the molecule is CCOC(=O)/C=C1/C[C@H](C)c2ccc(C)cc21. The van der Waals surface area contributed by atoms with Crippen molar-refractivity contribution in [1.29, 1.82) is 0 Å². The smallest absolute Gasteiger partial charge is 0.331 e. The van der Waals surface area contributed by atoms with Crippen molar-refractivity contribution in [3.63, 3.8) is 0 Å². The molecule has 0 amide bonds. The number of allylic oxidation sites excluding steroid dienone is 1. The van der Waals surface area contributed by atoms with Crippen LogP contribution in [0.1, 0.15) is 42.9 Å². The van der Waals surface area contributed by atoms with Crippen molar-refractivity contribution < 1.29 is 9.53 Å². The van der Waals surface area contributed by atoms with Gasteiger partial charge in [-0.1, -0.05) is 30.7 Å². The summed E-state index contributed by atoms with van der Waals surface area (Å²) in [5.74, 6) is 0.260. The highest BCUT2D eigenvalue weighted by atomic mass is 16.5. The average Bonchev–Trinajstić information content (AvgIpc) is 2.55. The van der Waals surface area contributed by atoms with Crippen LogP contribution in [0, 0.1) is 6.92 Å². The molecule has 0 spiro atoms. The second kappa shape index (κ2) is 4.74. The van der Waals surface area contributed by atoms with E-state index >= 15 is 0 Å². The number of carbonyl (C=O) groups excluding carboxylic acids is 1. The van der Waals surface area contributed by atoms with Crippen LogP contribution < -0.4 is 0 Å². The van der Waals surface area contributed by atoms with Gasteiger partial charge in [-0.2, -0.15) is 0 Å². The lowest BCUT2D eigenvalue weighted by Gasteiger charge is -2.04. The minimum absolute atomic E-state index is 0.232. The van der Waals surface area contributed by atoms with Crippen molar-refractivity contribution in [1.82, 2.24) is 0 Å². The Bertz CT molecular complexity index is 472. The van der Waals surface area contributed by atoms with Crippen LogP contribution in [0.25, 0.3) is 5.57 Å². The number of hydrogen-bond acceptors (Lipinski definition) is 2. The maximum atomic E-state index is 11.5. The van der Waals surface area contributed by atoms with Crippen LogP contribution in [0.3, 0.4) is 0 Å². The number of aryl methyl sites for hydroxylation is 1. The van der Waals surface area contributed by atoms with Crippen molar-refractivity contribution in [2.75, 3.05) is 6.61 Å². The van der Waals surface area contributed by atoms with Crippen LogP contribution in [0.15, 0.2) is 24.3 Å². The van der Waals surface area contributed by atoms with Crippen molar-refractivity contribution >= 4 is 11.5 Å². The zero-order valence-corrected chi connectivity index (χ0v) is 10.6. The lowest BCUT2D eigenvalue weighted by molar-refractivity contribution is -0.137. The fourth-order valence-electron chi connectivity index (χ4n) is 2.39. The first-order valence-corrected chi connectivity index (χ1v) is 6.10. The number of hydrogen-bond donors (Lipinski definition) is 0. The predicted molar refractivity (Wildman–Crippen MR) is 68.8 cm³/mol. The molecule has 0 fully saturated rings. The summed E-state index contributed by atoms with van der Waals surface area (Å²) in [5, 5.41) is 0. The molecule has 1 aromatic carbocycles. The zero-order valence-electron chi connectivity index (χ0n) is 10.6. The quantitative estimate of drug-likeness (QED) is 0.574. The third-order valence-electron chi connectivity index (χ3n) is 3.19. The van der Waals surface area contributed by atoms with E-state index in [2.05, 4.69) is 32.0 Å². The molecular formula is C15H18O2. The van der Waals surface area contributed by atoms with E-state index in [1.807, 2.05) is 6.92 Å². The molecule has 2 heteroatoms. The Hall–Kier alpha value is -1.57. The number of ether oxygens (including phenoxy) is 1. The van der Waals surface area contributed by atoms with E-state index in [0.29, 0.717) is 12.5 Å². The number of rotatable bonds is 2. The van der Waals surface area contributed by atoms with Gasteiger partial charge in [0.05, 0.1) is 6.61 Å². The maximum Gasteiger partial charge on any atom is 0.331 e. The zero-order chi connectivity index (χ0) is 12.4. The Morgan fingerprint density at radius 2 is 2.29 bits per heavy atom. The van der Waals surface area contributed by atoms with Crippen molar-refractivity contribution in [2.45, 2.75) is 33.1 Å². The molecule has 2 nitrogen and oxygen atoms in total. The minimum Gasteiger partial charge on any atom is -0.463 e. The van der Waals surface area contributed by atoms with E-state index < -0.39 is 0 Å². The first-order chi connectivity index (χ1) is 8.11. The van der Waals surface area contributed by atoms with Gasteiger partial charge in [0.1, 0.15) is 0 Å². The summed E-state index contributed by atoms with van der Waals surface area (Å²) in [6.45, 7) is 6.52. The summed E-state index contributed by atoms with van der Waals surface area (Å²) in [7, 11) is 0. The van der Waals surface area contributed by atoms with Gasteiger partial charge in [0.15, 0.2) is 0 Å². The molecule has 0 radical (unpaired) electrons. The largest absolute Gasteiger partial charge is 0.463 e. The van der Waals surface area contributed by atoms with Crippen LogP contribution in [0.2, 0.25) is 0 Å². The topological polar surface area (TPSA) is 26.3 Å². The summed E-state index contributed by atoms with van der Waals surface area (Å²) < 4.78 is 4.97. The van der Waals surface area contributed by atoms with Crippen LogP contribution in [-0.4, -0.2) is 12.6 Å². The fraction of sp³-hybridized carbons (Fsp3) is 0.400. The van der Waals surface area contributed by atoms with Crippen molar-refractivity contribution in [2.24, 2.45) is 0 Å². The number of esters is 1.